The van der Waals surface area contributed by atoms with Crippen molar-refractivity contribution in [1.29, 1.82) is 0 Å². The van der Waals surface area contributed by atoms with Gasteiger partial charge in [0.1, 0.15) is 11.2 Å². The summed E-state index contributed by atoms with van der Waals surface area (Å²) in [4.78, 5) is 7.97. The molecule has 0 unspecified atom stereocenters. The van der Waals surface area contributed by atoms with E-state index >= 15 is 0 Å². The van der Waals surface area contributed by atoms with Crippen LogP contribution in [0.2, 0.25) is 0 Å². The summed E-state index contributed by atoms with van der Waals surface area (Å²) in [6.07, 6.45) is 6.87. The van der Waals surface area contributed by atoms with Crippen molar-refractivity contribution in [1.82, 2.24) is 0 Å². The number of furan rings is 1. The summed E-state index contributed by atoms with van der Waals surface area (Å²) >= 11 is 0. The van der Waals surface area contributed by atoms with E-state index in [9.17, 15) is 0 Å². The molecule has 4 nitrogen and oxygen atoms in total. The number of benzene rings is 9. The minimum atomic E-state index is -0.241. The predicted molar refractivity (Wildman–Crippen MR) is 396 cm³/mol. The molecule has 0 spiro atoms. The molecule has 5 heteroatoms. The average Bonchev–Trinajstić information content (AvgIpc) is 0.958. The number of hydrogen-bond acceptors (Lipinski definition) is 4. The maximum atomic E-state index is 7.41. The van der Waals surface area contributed by atoms with Crippen molar-refractivity contribution in [2.75, 3.05) is 14.6 Å². The first-order valence-electron chi connectivity index (χ1n) is 34.6. The summed E-state index contributed by atoms with van der Waals surface area (Å²) in [6, 6.07) is 65.1. The van der Waals surface area contributed by atoms with Crippen molar-refractivity contribution in [3.63, 3.8) is 0 Å². The van der Waals surface area contributed by atoms with Gasteiger partial charge in [-0.3, -0.25) is 0 Å². The first kappa shape index (κ1) is 60.5. The van der Waals surface area contributed by atoms with Gasteiger partial charge in [-0.25, -0.2) is 0 Å². The minimum Gasteiger partial charge on any atom is -0.456 e. The lowest BCUT2D eigenvalue weighted by molar-refractivity contribution is 0.332. The van der Waals surface area contributed by atoms with E-state index in [0.29, 0.717) is 0 Å². The summed E-state index contributed by atoms with van der Waals surface area (Å²) in [7, 11) is 0. The molecule has 0 fully saturated rings. The summed E-state index contributed by atoms with van der Waals surface area (Å²) in [5.74, 6) is 0. The van der Waals surface area contributed by atoms with Crippen LogP contribution in [0.3, 0.4) is 0 Å². The number of anilines is 8. The maximum Gasteiger partial charge on any atom is 0.333 e. The van der Waals surface area contributed by atoms with Crippen LogP contribution in [0.15, 0.2) is 168 Å². The first-order chi connectivity index (χ1) is 43.2. The zero-order valence-corrected chi connectivity index (χ0v) is 58.7. The van der Waals surface area contributed by atoms with E-state index in [-0.39, 0.29) is 50.2 Å². The molecule has 0 atom stereocenters. The maximum absolute atomic E-state index is 7.41. The van der Waals surface area contributed by atoms with Gasteiger partial charge in [-0.2, -0.15) is 0 Å². The van der Waals surface area contributed by atoms with Gasteiger partial charge in [0, 0.05) is 61.8 Å². The topological polar surface area (TPSA) is 22.9 Å². The standard InChI is InChI=1S/C87H96BN3O/c1-53-43-67-70(86(16,17)41-39-83(67,10)11)50-74(53)90-75-49-64-63-48-69-71(87(18,19)42-40-85(69,14)15)51-77(63)92-78(64)52-72(75)88-79-65(44-55(45-76(79)90)54-23-21-20-22-24-54)62-46-60(34-36-73(62)91(88)61-33-35-66-68(47-61)84(12,13)38-37-82(66,8)9)89(58-29-25-56(26-30-58)80(2,3)4)59-31-27-57(28-32-59)81(5,6)7/h20-36,43-52H,37-42H2,1-19H3. The van der Waals surface area contributed by atoms with Gasteiger partial charge in [0.15, 0.2) is 0 Å². The van der Waals surface area contributed by atoms with Crippen LogP contribution in [-0.2, 0) is 43.3 Å². The quantitative estimate of drug-likeness (QED) is 0.155. The number of fused-ring (bicyclic) bond motifs is 10. The van der Waals surface area contributed by atoms with E-state index in [1.54, 1.807) is 0 Å². The van der Waals surface area contributed by atoms with Crippen LogP contribution in [0.1, 0.15) is 213 Å². The van der Waals surface area contributed by atoms with E-state index in [1.165, 1.54) is 122 Å². The summed E-state index contributed by atoms with van der Waals surface area (Å²) in [6.45, 7) is 45.5. The van der Waals surface area contributed by atoms with Crippen LogP contribution >= 0.6 is 0 Å². The van der Waals surface area contributed by atoms with Gasteiger partial charge in [0.05, 0.1) is 0 Å². The lowest BCUT2D eigenvalue weighted by atomic mass is 9.43. The fourth-order valence-electron chi connectivity index (χ4n) is 17.1. The Morgan fingerprint density at radius 2 is 0.880 bits per heavy atom. The Labute approximate surface area is 550 Å². The van der Waals surface area contributed by atoms with Crippen LogP contribution in [0.25, 0.3) is 44.2 Å². The fourth-order valence-corrected chi connectivity index (χ4v) is 17.1. The Morgan fingerprint density at radius 3 is 1.45 bits per heavy atom. The molecule has 3 heterocycles. The van der Waals surface area contributed by atoms with Gasteiger partial charge in [-0.15, -0.1) is 0 Å². The second kappa shape index (κ2) is 20.1. The van der Waals surface area contributed by atoms with Gasteiger partial charge in [0.2, 0.25) is 0 Å². The van der Waals surface area contributed by atoms with Crippen molar-refractivity contribution in [2.45, 2.75) is 213 Å². The average molecular weight is 1210 g/mol. The molecule has 15 rings (SSSR count). The molecule has 0 saturated heterocycles. The third-order valence-corrected chi connectivity index (χ3v) is 23.5. The van der Waals surface area contributed by atoms with Crippen LogP contribution in [0.4, 0.5) is 45.5 Å². The van der Waals surface area contributed by atoms with Crippen molar-refractivity contribution >= 4 is 85.2 Å². The zero-order chi connectivity index (χ0) is 64.9. The highest BCUT2D eigenvalue weighted by Gasteiger charge is 2.49. The van der Waals surface area contributed by atoms with Gasteiger partial charge < -0.3 is 19.0 Å². The Kier molecular flexibility index (Phi) is 13.2. The third-order valence-electron chi connectivity index (χ3n) is 23.5. The third kappa shape index (κ3) is 9.48. The molecule has 0 saturated carbocycles. The lowest BCUT2D eigenvalue weighted by Crippen LogP contribution is -2.61. The number of hydrogen-bond donors (Lipinski definition) is 0. The number of aryl methyl sites for hydroxylation is 1. The molecule has 0 N–H and O–H groups in total. The molecule has 5 aliphatic rings. The van der Waals surface area contributed by atoms with Crippen LogP contribution in [-0.4, -0.2) is 6.85 Å². The molecule has 3 aliphatic carbocycles. The summed E-state index contributed by atoms with van der Waals surface area (Å²) in [5.41, 5.74) is 31.5. The second-order valence-corrected chi connectivity index (χ2v) is 34.7. The highest BCUT2D eigenvalue weighted by atomic mass is 16.3. The first-order valence-corrected chi connectivity index (χ1v) is 34.6. The Hall–Kier alpha value is -7.76. The normalized spacial score (nSPS) is 18.6. The molecule has 0 amide bonds. The van der Waals surface area contributed by atoms with Crippen LogP contribution < -0.4 is 25.5 Å². The van der Waals surface area contributed by atoms with Crippen molar-refractivity contribution < 1.29 is 4.42 Å². The monoisotopic (exact) mass is 1210 g/mol. The molecule has 2 aliphatic heterocycles. The van der Waals surface area contributed by atoms with E-state index < -0.39 is 0 Å². The number of rotatable bonds is 6. The molecular weight excluding hydrogens is 1110 g/mol. The molecule has 0 radical (unpaired) electrons. The van der Waals surface area contributed by atoms with E-state index in [4.69, 9.17) is 4.42 Å². The van der Waals surface area contributed by atoms with E-state index in [2.05, 4.69) is 310 Å². The van der Waals surface area contributed by atoms with Crippen molar-refractivity contribution in [2.24, 2.45) is 0 Å². The molecule has 10 aromatic rings. The van der Waals surface area contributed by atoms with Gasteiger partial charge in [0.25, 0.3) is 0 Å². The molecular formula is C87H96BN3O. The Balaban J connectivity index is 1.07. The smallest absolute Gasteiger partial charge is 0.333 e. The molecule has 9 aromatic carbocycles. The molecule has 0 bridgehead atoms. The zero-order valence-electron chi connectivity index (χ0n) is 58.7. The van der Waals surface area contributed by atoms with Crippen LogP contribution in [0, 0.1) is 6.92 Å². The minimum absolute atomic E-state index is 0.00896. The molecule has 1 aromatic heterocycles. The van der Waals surface area contributed by atoms with Crippen molar-refractivity contribution in [3.05, 3.63) is 214 Å². The Morgan fingerprint density at radius 1 is 0.391 bits per heavy atom. The van der Waals surface area contributed by atoms with E-state index in [0.717, 1.165) is 66.8 Å². The molecule has 92 heavy (non-hydrogen) atoms. The summed E-state index contributed by atoms with van der Waals surface area (Å²) in [5, 5.41) is 2.37. The van der Waals surface area contributed by atoms with Crippen LogP contribution in [0.5, 0.6) is 0 Å². The second-order valence-electron chi connectivity index (χ2n) is 34.7. The highest BCUT2D eigenvalue weighted by molar-refractivity contribution is 6.93. The van der Waals surface area contributed by atoms with Gasteiger partial charge in [-0.1, -0.05) is 191 Å². The van der Waals surface area contributed by atoms with Gasteiger partial charge in [-0.05, 0) is 264 Å². The lowest BCUT2D eigenvalue weighted by Gasteiger charge is -2.48. The molecule has 468 valence electrons. The Bertz CT molecular complexity index is 4610. The SMILES string of the molecule is Cc1cc2c(cc1N1c3cc4c(cc3B3c5c(cc(-c6ccccc6)cc51)-c1cc(N(c5ccc(C(C)(C)C)cc5)c5ccc(C(C)(C)C)cc5)ccc1N3c1ccc3c(c1)C(C)(C)CCC3(C)C)oc1cc3c(cc14)C(C)(C)CCC3(C)C)C(C)(C)CCC2(C)C. The van der Waals surface area contributed by atoms with E-state index in [1.807, 2.05) is 0 Å². The fraction of sp³-hybridized carbons (Fsp3) is 0.379. The summed E-state index contributed by atoms with van der Waals surface area (Å²) < 4.78 is 7.41. The predicted octanol–water partition coefficient (Wildman–Crippen LogP) is 23.4. The highest BCUT2D eigenvalue weighted by Crippen LogP contribution is 2.56. The largest absolute Gasteiger partial charge is 0.456 e. The van der Waals surface area contributed by atoms with Crippen molar-refractivity contribution in [3.8, 4) is 22.3 Å². The number of nitrogens with zero attached hydrogens (tertiary/aromatic N) is 3. The van der Waals surface area contributed by atoms with Gasteiger partial charge >= 0.3 is 6.85 Å².